The van der Waals surface area contributed by atoms with E-state index in [1.54, 1.807) is 0 Å². The summed E-state index contributed by atoms with van der Waals surface area (Å²) in [6.45, 7) is 1.29. The van der Waals surface area contributed by atoms with E-state index in [0.29, 0.717) is 19.5 Å². The fourth-order valence-electron chi connectivity index (χ4n) is 3.21. The molecule has 0 aliphatic heterocycles. The van der Waals surface area contributed by atoms with Crippen LogP contribution in [-0.4, -0.2) is 22.0 Å². The summed E-state index contributed by atoms with van der Waals surface area (Å²) in [7, 11) is 0. The van der Waals surface area contributed by atoms with Crippen molar-refractivity contribution in [1.29, 1.82) is 0 Å². The van der Waals surface area contributed by atoms with E-state index in [1.807, 2.05) is 60.9 Å². The molecule has 4 nitrogen and oxygen atoms in total. The summed E-state index contributed by atoms with van der Waals surface area (Å²) in [5, 5.41) is 5.88. The highest BCUT2D eigenvalue weighted by atomic mass is 35.5. The fourth-order valence-corrected chi connectivity index (χ4v) is 3.44. The number of para-hydroxylation sites is 1. The molecule has 0 unspecified atom stereocenters. The molecule has 5 heteroatoms. The van der Waals surface area contributed by atoms with Gasteiger partial charge in [-0.1, -0.05) is 35.9 Å². The first-order chi connectivity index (χ1) is 12.2. The number of benzene rings is 2. The van der Waals surface area contributed by atoms with Crippen molar-refractivity contribution < 1.29 is 4.79 Å². The van der Waals surface area contributed by atoms with Crippen LogP contribution in [-0.2, 0) is 17.8 Å². The van der Waals surface area contributed by atoms with Gasteiger partial charge in [0.05, 0.1) is 6.42 Å². The molecule has 4 rings (SSSR count). The third kappa shape index (κ3) is 3.13. The van der Waals surface area contributed by atoms with Gasteiger partial charge in [-0.3, -0.25) is 4.79 Å². The number of rotatable bonds is 5. The van der Waals surface area contributed by atoms with E-state index >= 15 is 0 Å². The second kappa shape index (κ2) is 6.65. The van der Waals surface area contributed by atoms with Crippen molar-refractivity contribution in [3.8, 4) is 0 Å². The SMILES string of the molecule is O=C(Cc1c[nH]c2ccccc12)NCCn1ccc2c(Cl)cccc21. The van der Waals surface area contributed by atoms with Crippen LogP contribution in [0.25, 0.3) is 21.8 Å². The van der Waals surface area contributed by atoms with Crippen molar-refractivity contribution in [2.24, 2.45) is 0 Å². The molecule has 0 fully saturated rings. The van der Waals surface area contributed by atoms with Crippen LogP contribution in [0, 0.1) is 0 Å². The highest BCUT2D eigenvalue weighted by Crippen LogP contribution is 2.24. The van der Waals surface area contributed by atoms with Crippen LogP contribution in [0.3, 0.4) is 0 Å². The second-order valence-corrected chi connectivity index (χ2v) is 6.48. The monoisotopic (exact) mass is 351 g/mol. The van der Waals surface area contributed by atoms with Crippen molar-refractivity contribution in [3.63, 3.8) is 0 Å². The van der Waals surface area contributed by atoms with E-state index in [-0.39, 0.29) is 5.91 Å². The maximum Gasteiger partial charge on any atom is 0.224 e. The lowest BCUT2D eigenvalue weighted by atomic mass is 10.1. The molecular formula is C20H18ClN3O. The van der Waals surface area contributed by atoms with E-state index in [2.05, 4.69) is 14.9 Å². The number of aromatic amines is 1. The predicted molar refractivity (Wildman–Crippen MR) is 102 cm³/mol. The Morgan fingerprint density at radius 1 is 1.08 bits per heavy atom. The summed E-state index contributed by atoms with van der Waals surface area (Å²) in [6.07, 6.45) is 4.29. The molecule has 4 aromatic rings. The second-order valence-electron chi connectivity index (χ2n) is 6.07. The molecule has 0 aliphatic carbocycles. The largest absolute Gasteiger partial charge is 0.361 e. The molecule has 0 aliphatic rings. The first kappa shape index (κ1) is 15.8. The molecule has 126 valence electrons. The molecular weight excluding hydrogens is 334 g/mol. The Morgan fingerprint density at radius 3 is 2.88 bits per heavy atom. The van der Waals surface area contributed by atoms with Crippen LogP contribution < -0.4 is 5.32 Å². The molecule has 2 N–H and O–H groups in total. The smallest absolute Gasteiger partial charge is 0.224 e. The van der Waals surface area contributed by atoms with Crippen LogP contribution >= 0.6 is 11.6 Å². The van der Waals surface area contributed by atoms with Crippen molar-refractivity contribution in [2.45, 2.75) is 13.0 Å². The van der Waals surface area contributed by atoms with Crippen molar-refractivity contribution in [2.75, 3.05) is 6.54 Å². The number of aromatic nitrogens is 2. The number of nitrogens with zero attached hydrogens (tertiary/aromatic N) is 1. The molecule has 2 heterocycles. The number of nitrogens with one attached hydrogen (secondary N) is 2. The first-order valence-electron chi connectivity index (χ1n) is 8.27. The zero-order valence-corrected chi connectivity index (χ0v) is 14.4. The van der Waals surface area contributed by atoms with Gasteiger partial charge in [-0.05, 0) is 29.8 Å². The molecule has 1 amide bonds. The van der Waals surface area contributed by atoms with Gasteiger partial charge in [-0.25, -0.2) is 0 Å². The number of halogens is 1. The summed E-state index contributed by atoms with van der Waals surface area (Å²) in [5.41, 5.74) is 3.16. The van der Waals surface area contributed by atoms with Crippen LogP contribution in [0.4, 0.5) is 0 Å². The van der Waals surface area contributed by atoms with Crippen LogP contribution in [0.1, 0.15) is 5.56 Å². The Labute approximate surface area is 150 Å². The van der Waals surface area contributed by atoms with E-state index in [1.165, 1.54) is 0 Å². The minimum Gasteiger partial charge on any atom is -0.361 e. The van der Waals surface area contributed by atoms with E-state index in [4.69, 9.17) is 11.6 Å². The van der Waals surface area contributed by atoms with Gasteiger partial charge < -0.3 is 14.9 Å². The molecule has 0 saturated carbocycles. The zero-order valence-electron chi connectivity index (χ0n) is 13.6. The highest BCUT2D eigenvalue weighted by Gasteiger charge is 2.09. The third-order valence-electron chi connectivity index (χ3n) is 4.46. The van der Waals surface area contributed by atoms with Gasteiger partial charge in [0.25, 0.3) is 0 Å². The lowest BCUT2D eigenvalue weighted by molar-refractivity contribution is -0.120. The zero-order chi connectivity index (χ0) is 17.2. The van der Waals surface area contributed by atoms with Gasteiger partial charge in [-0.2, -0.15) is 0 Å². The van der Waals surface area contributed by atoms with Crippen molar-refractivity contribution in [3.05, 3.63) is 71.5 Å². The van der Waals surface area contributed by atoms with Crippen molar-refractivity contribution in [1.82, 2.24) is 14.9 Å². The topological polar surface area (TPSA) is 49.8 Å². The quantitative estimate of drug-likeness (QED) is 0.558. The predicted octanol–water partition coefficient (Wildman–Crippen LogP) is 4.13. The number of H-pyrrole nitrogens is 1. The summed E-state index contributed by atoms with van der Waals surface area (Å²) in [4.78, 5) is 15.4. The Morgan fingerprint density at radius 2 is 1.96 bits per heavy atom. The van der Waals surface area contributed by atoms with Gasteiger partial charge in [0.2, 0.25) is 5.91 Å². The number of hydrogen-bond donors (Lipinski definition) is 2. The van der Waals surface area contributed by atoms with E-state index in [9.17, 15) is 4.79 Å². The Kier molecular flexibility index (Phi) is 4.20. The van der Waals surface area contributed by atoms with Gasteiger partial charge >= 0.3 is 0 Å². The normalized spacial score (nSPS) is 11.2. The molecule has 0 atom stereocenters. The molecule has 2 aromatic carbocycles. The average molecular weight is 352 g/mol. The Bertz CT molecular complexity index is 1050. The standard InChI is InChI=1S/C20H18ClN3O/c21-17-5-3-7-19-16(17)8-10-24(19)11-9-22-20(25)12-14-13-23-18-6-2-1-4-15(14)18/h1-8,10,13,23H,9,11-12H2,(H,22,25). The lowest BCUT2D eigenvalue weighted by Gasteiger charge is -2.08. The number of fused-ring (bicyclic) bond motifs is 2. The minimum atomic E-state index is 0.0271. The Balaban J connectivity index is 1.38. The van der Waals surface area contributed by atoms with Gasteiger partial charge in [0.1, 0.15) is 0 Å². The van der Waals surface area contributed by atoms with E-state index < -0.39 is 0 Å². The summed E-state index contributed by atoms with van der Waals surface area (Å²) in [6, 6.07) is 15.9. The molecule has 0 bridgehead atoms. The average Bonchev–Trinajstić information content (AvgIpc) is 3.21. The van der Waals surface area contributed by atoms with Gasteiger partial charge in [0, 0.05) is 52.3 Å². The van der Waals surface area contributed by atoms with Gasteiger partial charge in [0.15, 0.2) is 0 Å². The van der Waals surface area contributed by atoms with Crippen LogP contribution in [0.5, 0.6) is 0 Å². The minimum absolute atomic E-state index is 0.0271. The molecule has 0 radical (unpaired) electrons. The fraction of sp³-hybridized carbons (Fsp3) is 0.150. The summed E-state index contributed by atoms with van der Waals surface area (Å²) in [5.74, 6) is 0.0271. The third-order valence-corrected chi connectivity index (χ3v) is 4.79. The molecule has 25 heavy (non-hydrogen) atoms. The number of carbonyl (C=O) groups is 1. The summed E-state index contributed by atoms with van der Waals surface area (Å²) < 4.78 is 2.10. The number of hydrogen-bond acceptors (Lipinski definition) is 1. The maximum absolute atomic E-state index is 12.2. The first-order valence-corrected chi connectivity index (χ1v) is 8.65. The number of carbonyl (C=O) groups excluding carboxylic acids is 1. The van der Waals surface area contributed by atoms with Gasteiger partial charge in [-0.15, -0.1) is 0 Å². The van der Waals surface area contributed by atoms with Crippen molar-refractivity contribution >= 4 is 39.3 Å². The van der Waals surface area contributed by atoms with E-state index in [0.717, 1.165) is 32.4 Å². The summed E-state index contributed by atoms with van der Waals surface area (Å²) >= 11 is 6.20. The highest BCUT2D eigenvalue weighted by molar-refractivity contribution is 6.35. The lowest BCUT2D eigenvalue weighted by Crippen LogP contribution is -2.28. The molecule has 0 saturated heterocycles. The number of amides is 1. The molecule has 0 spiro atoms. The van der Waals surface area contributed by atoms with Crippen LogP contribution in [0.2, 0.25) is 5.02 Å². The molecule has 2 aromatic heterocycles. The maximum atomic E-state index is 12.2. The van der Waals surface area contributed by atoms with Crippen LogP contribution in [0.15, 0.2) is 60.9 Å². The Hall–Kier alpha value is -2.72.